The fourth-order valence-corrected chi connectivity index (χ4v) is 5.35. The van der Waals surface area contributed by atoms with Crippen molar-refractivity contribution < 1.29 is 27.1 Å². The first-order valence-corrected chi connectivity index (χ1v) is 14.4. The molecule has 2 heterocycles. The zero-order valence-electron chi connectivity index (χ0n) is 21.5. The predicted octanol–water partition coefficient (Wildman–Crippen LogP) is 6.68. The van der Waals surface area contributed by atoms with Crippen LogP contribution in [-0.4, -0.2) is 41.2 Å². The van der Waals surface area contributed by atoms with Gasteiger partial charge in [-0.3, -0.25) is 19.4 Å². The number of likely N-dealkylation sites (tertiary alicyclic amines) is 1. The van der Waals surface area contributed by atoms with Crippen LogP contribution >= 0.6 is 11.9 Å². The van der Waals surface area contributed by atoms with Crippen molar-refractivity contribution in [2.75, 3.05) is 25.4 Å². The van der Waals surface area contributed by atoms with Gasteiger partial charge in [0.05, 0.1) is 23.4 Å². The van der Waals surface area contributed by atoms with E-state index in [9.17, 15) is 22.4 Å². The highest BCUT2D eigenvalue weighted by Crippen LogP contribution is 2.45. The van der Waals surface area contributed by atoms with Crippen LogP contribution in [0.25, 0.3) is 0 Å². The molecular formula is C28H33F4N3O2S. The van der Waals surface area contributed by atoms with Gasteiger partial charge in [0.2, 0.25) is 0 Å². The minimum absolute atomic E-state index is 0.0431. The summed E-state index contributed by atoms with van der Waals surface area (Å²) >= 11 is 1.23. The molecule has 0 unspecified atom stereocenters. The number of carbonyl (C=O) groups is 1. The number of nitrogens with zero attached hydrogens (tertiary/aromatic N) is 2. The number of rotatable bonds is 10. The van der Waals surface area contributed by atoms with E-state index in [1.807, 2.05) is 6.92 Å². The first kappa shape index (κ1) is 27.2. The van der Waals surface area contributed by atoms with Gasteiger partial charge in [-0.15, -0.1) is 0 Å². The number of piperidine rings is 1. The summed E-state index contributed by atoms with van der Waals surface area (Å²) in [6, 6.07) is 5.35. The maximum Gasteiger partial charge on any atom is 0.416 e. The monoisotopic (exact) mass is 551 g/mol. The Morgan fingerprint density at radius 2 is 1.79 bits per heavy atom. The van der Waals surface area contributed by atoms with Crippen LogP contribution in [0, 0.1) is 11.7 Å². The summed E-state index contributed by atoms with van der Waals surface area (Å²) in [7, 11) is 0. The molecule has 1 saturated heterocycles. The average Bonchev–Trinajstić information content (AvgIpc) is 3.80. The first-order valence-electron chi connectivity index (χ1n) is 13.4. The Morgan fingerprint density at radius 3 is 2.42 bits per heavy atom. The molecule has 10 heteroatoms. The Balaban J connectivity index is 1.17. The fourth-order valence-electron chi connectivity index (χ4n) is 4.97. The van der Waals surface area contributed by atoms with E-state index in [4.69, 9.17) is 4.74 Å². The Labute approximate surface area is 224 Å². The Morgan fingerprint density at radius 1 is 1.08 bits per heavy atom. The normalized spacial score (nSPS) is 19.0. The standard InChI is InChI=1S/C28H33F4N3O2S/c1-2-38-34-27(36)23-13-22(18-3-4-18)26(14-24(23)29)37-16-17-7-9-35(10-8-17)15-21-11-20(28(30,31)32)12-25(33-21)19-5-6-19/h11-14,17-19H,2-10,15-16H2,1H3,(H,34,36). The number of amides is 1. The molecule has 2 aliphatic carbocycles. The fraction of sp³-hybridized carbons (Fsp3) is 0.571. The molecule has 38 heavy (non-hydrogen) atoms. The minimum Gasteiger partial charge on any atom is -0.493 e. The summed E-state index contributed by atoms with van der Waals surface area (Å²) in [6.45, 7) is 4.23. The summed E-state index contributed by atoms with van der Waals surface area (Å²) in [4.78, 5) is 19.0. The topological polar surface area (TPSA) is 54.5 Å². The molecule has 0 radical (unpaired) electrons. The van der Waals surface area contributed by atoms with E-state index in [1.54, 1.807) is 6.07 Å². The van der Waals surface area contributed by atoms with Crippen LogP contribution in [0.15, 0.2) is 24.3 Å². The summed E-state index contributed by atoms with van der Waals surface area (Å²) in [5.41, 5.74) is 1.35. The lowest BCUT2D eigenvalue weighted by atomic mass is 9.97. The Hall–Kier alpha value is -2.33. The van der Waals surface area contributed by atoms with Crippen molar-refractivity contribution >= 4 is 17.9 Å². The summed E-state index contributed by atoms with van der Waals surface area (Å²) in [5, 5.41) is 0. The lowest BCUT2D eigenvalue weighted by Crippen LogP contribution is -2.35. The zero-order valence-corrected chi connectivity index (χ0v) is 22.3. The molecule has 1 aliphatic heterocycles. The molecule has 0 spiro atoms. The zero-order chi connectivity index (χ0) is 26.9. The van der Waals surface area contributed by atoms with Gasteiger partial charge in [0.25, 0.3) is 5.91 Å². The number of hydrogen-bond donors (Lipinski definition) is 1. The predicted molar refractivity (Wildman–Crippen MR) is 139 cm³/mol. The van der Waals surface area contributed by atoms with Gasteiger partial charge in [-0.2, -0.15) is 13.2 Å². The number of alkyl halides is 3. The van der Waals surface area contributed by atoms with Crippen LogP contribution < -0.4 is 9.46 Å². The van der Waals surface area contributed by atoms with Gasteiger partial charge < -0.3 is 4.74 Å². The van der Waals surface area contributed by atoms with Crippen molar-refractivity contribution in [1.29, 1.82) is 0 Å². The van der Waals surface area contributed by atoms with Gasteiger partial charge in [0.15, 0.2) is 0 Å². The number of pyridine rings is 1. The van der Waals surface area contributed by atoms with E-state index in [2.05, 4.69) is 14.6 Å². The number of aromatic nitrogens is 1. The number of carbonyl (C=O) groups excluding carboxylic acids is 1. The second kappa shape index (κ2) is 11.4. The highest BCUT2D eigenvalue weighted by Gasteiger charge is 2.35. The van der Waals surface area contributed by atoms with Crippen molar-refractivity contribution in [3.8, 4) is 5.75 Å². The smallest absolute Gasteiger partial charge is 0.416 e. The van der Waals surface area contributed by atoms with Crippen LogP contribution in [0.2, 0.25) is 0 Å². The maximum absolute atomic E-state index is 14.8. The van der Waals surface area contributed by atoms with Gasteiger partial charge in [0, 0.05) is 30.0 Å². The van der Waals surface area contributed by atoms with Crippen molar-refractivity contribution in [3.63, 3.8) is 0 Å². The highest BCUT2D eigenvalue weighted by molar-refractivity contribution is 7.97. The molecule has 3 fully saturated rings. The molecule has 206 valence electrons. The molecule has 1 aromatic heterocycles. The molecule has 5 rings (SSSR count). The van der Waals surface area contributed by atoms with Crippen LogP contribution in [0.1, 0.15) is 90.2 Å². The van der Waals surface area contributed by atoms with Crippen molar-refractivity contribution in [3.05, 3.63) is 58.2 Å². The maximum atomic E-state index is 14.8. The largest absolute Gasteiger partial charge is 0.493 e. The third kappa shape index (κ3) is 6.81. The summed E-state index contributed by atoms with van der Waals surface area (Å²) in [5.74, 6) is 0.888. The second-order valence-corrected chi connectivity index (χ2v) is 11.7. The molecule has 0 bridgehead atoms. The SMILES string of the molecule is CCSNC(=O)c1cc(C2CC2)c(OCC2CCN(Cc3cc(C(F)(F)F)cc(C4CC4)n3)CC2)cc1F. The molecule has 3 aliphatic rings. The summed E-state index contributed by atoms with van der Waals surface area (Å²) in [6.07, 6.45) is 1.10. The van der Waals surface area contributed by atoms with E-state index in [1.165, 1.54) is 30.1 Å². The van der Waals surface area contributed by atoms with Gasteiger partial charge in [-0.1, -0.05) is 18.9 Å². The average molecular weight is 552 g/mol. The molecular weight excluding hydrogens is 518 g/mol. The lowest BCUT2D eigenvalue weighted by Gasteiger charge is -2.32. The van der Waals surface area contributed by atoms with Crippen LogP contribution in [0.4, 0.5) is 17.6 Å². The van der Waals surface area contributed by atoms with Crippen LogP contribution in [0.3, 0.4) is 0 Å². The quantitative estimate of drug-likeness (QED) is 0.264. The van der Waals surface area contributed by atoms with Gasteiger partial charge in [-0.05, 0) is 87.2 Å². The minimum atomic E-state index is -4.37. The van der Waals surface area contributed by atoms with Gasteiger partial charge >= 0.3 is 6.18 Å². The number of nitrogens with one attached hydrogen (secondary N) is 1. The van der Waals surface area contributed by atoms with Crippen LogP contribution in [-0.2, 0) is 12.7 Å². The third-order valence-corrected chi connectivity index (χ3v) is 8.08. The molecule has 1 aromatic carbocycles. The molecule has 0 atom stereocenters. The Kier molecular flexibility index (Phi) is 8.19. The van der Waals surface area contributed by atoms with Crippen molar-refractivity contribution in [1.82, 2.24) is 14.6 Å². The molecule has 5 nitrogen and oxygen atoms in total. The van der Waals surface area contributed by atoms with Gasteiger partial charge in [-0.25, -0.2) is 4.39 Å². The highest BCUT2D eigenvalue weighted by atomic mass is 32.2. The van der Waals surface area contributed by atoms with Crippen molar-refractivity contribution in [2.45, 2.75) is 70.0 Å². The van der Waals surface area contributed by atoms with Crippen LogP contribution in [0.5, 0.6) is 5.75 Å². The van der Waals surface area contributed by atoms with E-state index in [0.29, 0.717) is 42.0 Å². The van der Waals surface area contributed by atoms with E-state index >= 15 is 0 Å². The van der Waals surface area contributed by atoms with E-state index in [0.717, 1.165) is 57.2 Å². The number of ether oxygens (including phenoxy) is 1. The van der Waals surface area contributed by atoms with E-state index < -0.39 is 23.5 Å². The summed E-state index contributed by atoms with van der Waals surface area (Å²) < 4.78 is 63.7. The van der Waals surface area contributed by atoms with Gasteiger partial charge in [0.1, 0.15) is 11.6 Å². The van der Waals surface area contributed by atoms with Crippen molar-refractivity contribution in [2.24, 2.45) is 5.92 Å². The van der Waals surface area contributed by atoms with E-state index in [-0.39, 0.29) is 17.4 Å². The lowest BCUT2D eigenvalue weighted by molar-refractivity contribution is -0.137. The molecule has 1 amide bonds. The first-order chi connectivity index (χ1) is 18.2. The number of benzene rings is 1. The Bertz CT molecular complexity index is 1160. The second-order valence-electron chi connectivity index (χ2n) is 10.6. The molecule has 2 aromatic rings. The number of halogens is 4. The third-order valence-electron chi connectivity index (χ3n) is 7.46. The molecule has 2 saturated carbocycles. The molecule has 1 N–H and O–H groups in total. The number of hydrogen-bond acceptors (Lipinski definition) is 5.